The Morgan fingerprint density at radius 3 is 1.67 bits per heavy atom. The fraction of sp³-hybridized carbons (Fsp3) is 0. The van der Waals surface area contributed by atoms with Crippen LogP contribution in [-0.4, -0.2) is 4.57 Å². The first kappa shape index (κ1) is 26.3. The van der Waals surface area contributed by atoms with Crippen LogP contribution in [0.15, 0.2) is 182 Å². The van der Waals surface area contributed by atoms with Gasteiger partial charge in [0, 0.05) is 33.2 Å². The lowest BCUT2D eigenvalue weighted by molar-refractivity contribution is 1.20. The van der Waals surface area contributed by atoms with Gasteiger partial charge in [-0.25, -0.2) is 0 Å². The lowest BCUT2D eigenvalue weighted by Gasteiger charge is -2.26. The number of hydrogen-bond donors (Lipinski definition) is 0. The molecule has 2 nitrogen and oxygen atoms in total. The first-order valence-corrected chi connectivity index (χ1v) is 15.8. The van der Waals surface area contributed by atoms with Gasteiger partial charge in [0.2, 0.25) is 0 Å². The van der Waals surface area contributed by atoms with Gasteiger partial charge in [-0.2, -0.15) is 0 Å². The maximum Gasteiger partial charge on any atom is 0.0541 e. The molecule has 46 heavy (non-hydrogen) atoms. The molecule has 9 rings (SSSR count). The average molecular weight is 587 g/mol. The average Bonchev–Trinajstić information content (AvgIpc) is 3.46. The van der Waals surface area contributed by atoms with Gasteiger partial charge in [-0.15, -0.1) is 0 Å². The van der Waals surface area contributed by atoms with Crippen molar-refractivity contribution in [2.24, 2.45) is 0 Å². The van der Waals surface area contributed by atoms with Crippen molar-refractivity contribution in [3.8, 4) is 16.8 Å². The van der Waals surface area contributed by atoms with Crippen molar-refractivity contribution in [3.05, 3.63) is 182 Å². The lowest BCUT2D eigenvalue weighted by Crippen LogP contribution is -2.09. The van der Waals surface area contributed by atoms with Crippen LogP contribution in [0.5, 0.6) is 0 Å². The molecule has 0 aliphatic heterocycles. The fourth-order valence-electron chi connectivity index (χ4n) is 6.97. The Labute approximate surface area is 268 Å². The Morgan fingerprint density at radius 2 is 0.913 bits per heavy atom. The second-order valence-electron chi connectivity index (χ2n) is 11.8. The summed E-state index contributed by atoms with van der Waals surface area (Å²) in [6, 6.07) is 65.7. The summed E-state index contributed by atoms with van der Waals surface area (Å²) in [7, 11) is 0. The second-order valence-corrected chi connectivity index (χ2v) is 11.8. The minimum Gasteiger partial charge on any atom is -0.310 e. The summed E-state index contributed by atoms with van der Waals surface area (Å²) in [5, 5.41) is 7.48. The number of benzene rings is 8. The van der Waals surface area contributed by atoms with Crippen LogP contribution in [0, 0.1) is 0 Å². The molecule has 9 aromatic rings. The van der Waals surface area contributed by atoms with Crippen molar-refractivity contribution in [2.75, 3.05) is 4.90 Å². The molecule has 2 heteroatoms. The molecule has 0 bridgehead atoms. The van der Waals surface area contributed by atoms with Gasteiger partial charge >= 0.3 is 0 Å². The van der Waals surface area contributed by atoms with E-state index in [1.165, 1.54) is 60.2 Å². The molecule has 0 aliphatic carbocycles. The number of fused-ring (bicyclic) bond motifs is 5. The summed E-state index contributed by atoms with van der Waals surface area (Å²) in [5.74, 6) is 0. The van der Waals surface area contributed by atoms with Crippen molar-refractivity contribution in [1.29, 1.82) is 0 Å². The zero-order valence-electron chi connectivity index (χ0n) is 25.2. The first-order valence-electron chi connectivity index (χ1n) is 15.8. The Morgan fingerprint density at radius 1 is 0.326 bits per heavy atom. The molecule has 0 unspecified atom stereocenters. The SMILES string of the molecule is c1ccc(N(c2ccc(-c3ccc4ccccc4c3)cc2)c2ccc3c(-n4c5ccccc5c5ccccc54)cccc3c2)cc1. The molecule has 0 saturated heterocycles. The van der Waals surface area contributed by atoms with E-state index in [2.05, 4.69) is 191 Å². The van der Waals surface area contributed by atoms with Crippen LogP contribution in [0.4, 0.5) is 17.1 Å². The standard InChI is InChI=1S/C44H30N2/c1-2-14-36(15-3-1)45(37-25-23-32(24-26-37)34-22-21-31-11-4-5-12-33(31)29-34)38-27-28-39-35(30-38)13-10-20-42(39)46-43-18-8-6-16-40(43)41-17-7-9-19-44(41)46/h1-30H. The number of anilines is 3. The van der Waals surface area contributed by atoms with E-state index in [4.69, 9.17) is 0 Å². The van der Waals surface area contributed by atoms with E-state index in [0.29, 0.717) is 0 Å². The van der Waals surface area contributed by atoms with Crippen LogP contribution in [0.3, 0.4) is 0 Å². The van der Waals surface area contributed by atoms with Crippen LogP contribution in [0.25, 0.3) is 60.2 Å². The highest BCUT2D eigenvalue weighted by Gasteiger charge is 2.16. The van der Waals surface area contributed by atoms with Crippen molar-refractivity contribution >= 4 is 60.4 Å². The Bertz CT molecular complexity index is 2470. The molecule has 0 fully saturated rings. The van der Waals surface area contributed by atoms with Gasteiger partial charge in [0.1, 0.15) is 0 Å². The largest absolute Gasteiger partial charge is 0.310 e. The van der Waals surface area contributed by atoms with E-state index < -0.39 is 0 Å². The number of hydrogen-bond acceptors (Lipinski definition) is 1. The van der Waals surface area contributed by atoms with Gasteiger partial charge in [0.25, 0.3) is 0 Å². The molecule has 8 aromatic carbocycles. The third kappa shape index (κ3) is 4.35. The molecular formula is C44H30N2. The number of aromatic nitrogens is 1. The van der Waals surface area contributed by atoms with E-state index in [1.807, 2.05) is 0 Å². The van der Waals surface area contributed by atoms with E-state index >= 15 is 0 Å². The zero-order chi connectivity index (χ0) is 30.5. The van der Waals surface area contributed by atoms with Crippen molar-refractivity contribution in [3.63, 3.8) is 0 Å². The molecule has 0 aliphatic rings. The topological polar surface area (TPSA) is 8.17 Å². The van der Waals surface area contributed by atoms with Crippen LogP contribution in [-0.2, 0) is 0 Å². The van der Waals surface area contributed by atoms with Crippen molar-refractivity contribution in [2.45, 2.75) is 0 Å². The van der Waals surface area contributed by atoms with Gasteiger partial charge in [0.05, 0.1) is 16.7 Å². The molecule has 1 heterocycles. The molecule has 0 amide bonds. The predicted molar refractivity (Wildman–Crippen MR) is 196 cm³/mol. The summed E-state index contributed by atoms with van der Waals surface area (Å²) in [6.45, 7) is 0. The quantitative estimate of drug-likeness (QED) is 0.195. The van der Waals surface area contributed by atoms with Gasteiger partial charge in [-0.1, -0.05) is 121 Å². The Hall–Kier alpha value is -6.12. The predicted octanol–water partition coefficient (Wildman–Crippen LogP) is 12.2. The molecular weight excluding hydrogens is 556 g/mol. The van der Waals surface area contributed by atoms with Gasteiger partial charge in [-0.3, -0.25) is 0 Å². The van der Waals surface area contributed by atoms with E-state index in [0.717, 1.165) is 17.1 Å². The van der Waals surface area contributed by atoms with E-state index in [9.17, 15) is 0 Å². The second kappa shape index (κ2) is 10.8. The highest BCUT2D eigenvalue weighted by molar-refractivity contribution is 6.10. The van der Waals surface area contributed by atoms with Gasteiger partial charge < -0.3 is 9.47 Å². The van der Waals surface area contributed by atoms with Gasteiger partial charge in [0.15, 0.2) is 0 Å². The summed E-state index contributed by atoms with van der Waals surface area (Å²) < 4.78 is 2.41. The molecule has 0 spiro atoms. The number of para-hydroxylation sites is 3. The smallest absolute Gasteiger partial charge is 0.0541 e. The maximum absolute atomic E-state index is 2.41. The highest BCUT2D eigenvalue weighted by atomic mass is 15.1. The highest BCUT2D eigenvalue weighted by Crippen LogP contribution is 2.39. The molecule has 0 N–H and O–H groups in total. The minimum atomic E-state index is 1.12. The molecule has 1 aromatic heterocycles. The zero-order valence-corrected chi connectivity index (χ0v) is 25.2. The third-order valence-corrected chi connectivity index (χ3v) is 9.14. The normalized spacial score (nSPS) is 11.5. The summed E-state index contributed by atoms with van der Waals surface area (Å²) in [6.07, 6.45) is 0. The van der Waals surface area contributed by atoms with Crippen LogP contribution in [0.1, 0.15) is 0 Å². The third-order valence-electron chi connectivity index (χ3n) is 9.14. The summed E-state index contributed by atoms with van der Waals surface area (Å²) in [5.41, 5.74) is 9.42. The lowest BCUT2D eigenvalue weighted by atomic mass is 10.0. The van der Waals surface area contributed by atoms with Crippen LogP contribution in [0.2, 0.25) is 0 Å². The van der Waals surface area contributed by atoms with E-state index in [1.54, 1.807) is 0 Å². The summed E-state index contributed by atoms with van der Waals surface area (Å²) in [4.78, 5) is 2.34. The number of nitrogens with zero attached hydrogens (tertiary/aromatic N) is 2. The van der Waals surface area contributed by atoms with Crippen molar-refractivity contribution in [1.82, 2.24) is 4.57 Å². The molecule has 0 saturated carbocycles. The summed E-state index contributed by atoms with van der Waals surface area (Å²) >= 11 is 0. The Kier molecular flexibility index (Phi) is 6.17. The first-order chi connectivity index (χ1) is 22.8. The fourth-order valence-corrected chi connectivity index (χ4v) is 6.97. The van der Waals surface area contributed by atoms with Crippen LogP contribution < -0.4 is 4.90 Å². The van der Waals surface area contributed by atoms with E-state index in [-0.39, 0.29) is 0 Å². The maximum atomic E-state index is 2.41. The molecule has 216 valence electrons. The molecule has 0 atom stereocenters. The number of rotatable bonds is 5. The monoisotopic (exact) mass is 586 g/mol. The Balaban J connectivity index is 1.16. The minimum absolute atomic E-state index is 1.12. The molecule has 0 radical (unpaired) electrons. The van der Waals surface area contributed by atoms with Crippen LogP contribution >= 0.6 is 0 Å². The van der Waals surface area contributed by atoms with Crippen molar-refractivity contribution < 1.29 is 0 Å². The van der Waals surface area contributed by atoms with Gasteiger partial charge in [-0.05, 0) is 87.9 Å².